The van der Waals surface area contributed by atoms with Crippen LogP contribution in [0.2, 0.25) is 0 Å². The van der Waals surface area contributed by atoms with Crippen molar-refractivity contribution in [2.75, 3.05) is 18.0 Å². The highest BCUT2D eigenvalue weighted by atomic mass is 127. The first-order chi connectivity index (χ1) is 11.5. The second-order valence-corrected chi connectivity index (χ2v) is 6.90. The van der Waals surface area contributed by atoms with E-state index in [1.165, 1.54) is 12.1 Å². The van der Waals surface area contributed by atoms with Crippen molar-refractivity contribution in [2.24, 2.45) is 5.92 Å². The Balaban J connectivity index is 1.59. The van der Waals surface area contributed by atoms with E-state index in [4.69, 9.17) is 0 Å². The van der Waals surface area contributed by atoms with Gasteiger partial charge in [-0.3, -0.25) is 9.59 Å². The van der Waals surface area contributed by atoms with Crippen LogP contribution >= 0.6 is 22.6 Å². The average Bonchev–Trinajstić information content (AvgIpc) is 2.95. The lowest BCUT2D eigenvalue weighted by molar-refractivity contribution is -0.117. The summed E-state index contributed by atoms with van der Waals surface area (Å²) in [6, 6.07) is 13.2. The largest absolute Gasteiger partial charge is 0.352 e. The van der Waals surface area contributed by atoms with Crippen molar-refractivity contribution in [3.05, 3.63) is 63.5 Å². The number of halogens is 2. The van der Waals surface area contributed by atoms with E-state index in [2.05, 4.69) is 27.9 Å². The maximum Gasteiger partial charge on any atom is 0.252 e. The molecule has 0 spiro atoms. The normalized spacial score (nSPS) is 17.2. The summed E-state index contributed by atoms with van der Waals surface area (Å²) in [4.78, 5) is 26.0. The third-order valence-electron chi connectivity index (χ3n) is 4.01. The van der Waals surface area contributed by atoms with Gasteiger partial charge in [0.2, 0.25) is 5.91 Å². The van der Waals surface area contributed by atoms with Gasteiger partial charge < -0.3 is 10.2 Å². The molecule has 1 aliphatic rings. The number of rotatable bonds is 4. The Kier molecular flexibility index (Phi) is 5.13. The number of nitrogens with zero attached hydrogens (tertiary/aromatic N) is 1. The van der Waals surface area contributed by atoms with E-state index < -0.39 is 0 Å². The number of hydrogen-bond acceptors (Lipinski definition) is 2. The fraction of sp³-hybridized carbons (Fsp3) is 0.222. The first-order valence-corrected chi connectivity index (χ1v) is 8.71. The van der Waals surface area contributed by atoms with Gasteiger partial charge in [0.25, 0.3) is 5.91 Å². The molecule has 0 unspecified atom stereocenters. The van der Waals surface area contributed by atoms with E-state index in [0.717, 1.165) is 3.57 Å². The maximum absolute atomic E-state index is 13.0. The maximum atomic E-state index is 13.0. The van der Waals surface area contributed by atoms with E-state index >= 15 is 0 Å². The number of nitrogens with one attached hydrogen (secondary N) is 1. The number of carbonyl (C=O) groups excluding carboxylic acids is 2. The molecule has 2 amide bonds. The summed E-state index contributed by atoms with van der Waals surface area (Å²) in [6.07, 6.45) is 0.379. The van der Waals surface area contributed by atoms with Crippen molar-refractivity contribution in [1.82, 2.24) is 5.32 Å². The van der Waals surface area contributed by atoms with Crippen LogP contribution in [0, 0.1) is 15.3 Å². The zero-order valence-electron chi connectivity index (χ0n) is 12.8. The van der Waals surface area contributed by atoms with Crippen LogP contribution in [-0.4, -0.2) is 24.9 Å². The zero-order chi connectivity index (χ0) is 17.1. The lowest BCUT2D eigenvalue weighted by Gasteiger charge is -2.17. The summed E-state index contributed by atoms with van der Waals surface area (Å²) >= 11 is 2.13. The van der Waals surface area contributed by atoms with Crippen LogP contribution in [0.25, 0.3) is 0 Å². The smallest absolute Gasteiger partial charge is 0.252 e. The van der Waals surface area contributed by atoms with Crippen LogP contribution in [0.5, 0.6) is 0 Å². The Labute approximate surface area is 153 Å². The van der Waals surface area contributed by atoms with Gasteiger partial charge in [-0.05, 0) is 59.0 Å². The second kappa shape index (κ2) is 7.29. The molecule has 1 atom stereocenters. The van der Waals surface area contributed by atoms with E-state index in [1.807, 2.05) is 18.2 Å². The van der Waals surface area contributed by atoms with Crippen molar-refractivity contribution in [1.29, 1.82) is 0 Å². The van der Waals surface area contributed by atoms with Gasteiger partial charge in [0.05, 0.1) is 5.56 Å². The van der Waals surface area contributed by atoms with Crippen LogP contribution in [-0.2, 0) is 4.79 Å². The molecule has 0 radical (unpaired) electrons. The summed E-state index contributed by atoms with van der Waals surface area (Å²) in [5, 5.41) is 2.90. The number of benzene rings is 2. The van der Waals surface area contributed by atoms with Crippen LogP contribution in [0.15, 0.2) is 48.5 Å². The number of hydrogen-bond donors (Lipinski definition) is 1. The highest BCUT2D eigenvalue weighted by Crippen LogP contribution is 2.25. The average molecular weight is 438 g/mol. The third-order valence-corrected chi connectivity index (χ3v) is 4.95. The lowest BCUT2D eigenvalue weighted by atomic mass is 10.1. The molecular formula is C18H16FIN2O2. The van der Waals surface area contributed by atoms with Crippen LogP contribution in [0.4, 0.5) is 10.1 Å². The predicted octanol–water partition coefficient (Wildman–Crippen LogP) is 3.21. The molecule has 0 saturated carbocycles. The first-order valence-electron chi connectivity index (χ1n) is 7.63. The molecule has 3 rings (SSSR count). The SMILES string of the molecule is O=C(NC[C@H]1CC(=O)N(c2ccc(F)cc2)C1)c1ccccc1I. The van der Waals surface area contributed by atoms with E-state index in [-0.39, 0.29) is 23.5 Å². The van der Waals surface area contributed by atoms with Gasteiger partial charge in [-0.25, -0.2) is 4.39 Å². The Hall–Kier alpha value is -1.96. The summed E-state index contributed by atoms with van der Waals surface area (Å²) in [6.45, 7) is 0.962. The topological polar surface area (TPSA) is 49.4 Å². The summed E-state index contributed by atoms with van der Waals surface area (Å²) in [7, 11) is 0. The summed E-state index contributed by atoms with van der Waals surface area (Å²) in [5.41, 5.74) is 1.32. The monoisotopic (exact) mass is 438 g/mol. The number of anilines is 1. The van der Waals surface area contributed by atoms with Crippen LogP contribution in [0.3, 0.4) is 0 Å². The highest BCUT2D eigenvalue weighted by Gasteiger charge is 2.30. The minimum absolute atomic E-state index is 0.00449. The second-order valence-electron chi connectivity index (χ2n) is 5.74. The van der Waals surface area contributed by atoms with Gasteiger partial charge in [0.1, 0.15) is 5.82 Å². The number of amides is 2. The molecule has 1 saturated heterocycles. The van der Waals surface area contributed by atoms with E-state index in [0.29, 0.717) is 30.8 Å². The minimum Gasteiger partial charge on any atom is -0.352 e. The fourth-order valence-electron chi connectivity index (χ4n) is 2.77. The summed E-state index contributed by atoms with van der Waals surface area (Å²) < 4.78 is 13.9. The Morgan fingerprint density at radius 3 is 2.62 bits per heavy atom. The van der Waals surface area contributed by atoms with Crippen LogP contribution in [0.1, 0.15) is 16.8 Å². The first kappa shape index (κ1) is 16.9. The lowest BCUT2D eigenvalue weighted by Crippen LogP contribution is -2.31. The molecule has 1 N–H and O–H groups in total. The predicted molar refractivity (Wildman–Crippen MR) is 98.4 cm³/mol. The molecule has 1 fully saturated rings. The summed E-state index contributed by atoms with van der Waals surface area (Å²) in [5.74, 6) is -0.414. The van der Waals surface area contributed by atoms with Gasteiger partial charge in [-0.15, -0.1) is 0 Å². The fourth-order valence-corrected chi connectivity index (χ4v) is 3.40. The highest BCUT2D eigenvalue weighted by molar-refractivity contribution is 14.1. The molecule has 1 aliphatic heterocycles. The molecule has 6 heteroatoms. The van der Waals surface area contributed by atoms with E-state index in [9.17, 15) is 14.0 Å². The minimum atomic E-state index is -0.327. The zero-order valence-corrected chi connectivity index (χ0v) is 15.0. The molecule has 2 aromatic rings. The molecule has 2 aromatic carbocycles. The van der Waals surface area contributed by atoms with Gasteiger partial charge >= 0.3 is 0 Å². The standard InChI is InChI=1S/C18H16FIN2O2/c19-13-5-7-14(8-6-13)22-11-12(9-17(22)23)10-21-18(24)15-3-1-2-4-16(15)20/h1-8,12H,9-11H2,(H,21,24)/t12-/m1/s1. The van der Waals surface area contributed by atoms with Crippen molar-refractivity contribution < 1.29 is 14.0 Å². The van der Waals surface area contributed by atoms with Crippen molar-refractivity contribution in [2.45, 2.75) is 6.42 Å². The molecule has 0 aliphatic carbocycles. The molecule has 1 heterocycles. The van der Waals surface area contributed by atoms with Gasteiger partial charge in [-0.2, -0.15) is 0 Å². The molecule has 124 valence electrons. The van der Waals surface area contributed by atoms with Crippen LogP contribution < -0.4 is 10.2 Å². The van der Waals surface area contributed by atoms with Gasteiger partial charge in [0, 0.05) is 34.7 Å². The Morgan fingerprint density at radius 2 is 1.92 bits per heavy atom. The van der Waals surface area contributed by atoms with Crippen molar-refractivity contribution in [3.8, 4) is 0 Å². The third kappa shape index (κ3) is 3.75. The van der Waals surface area contributed by atoms with E-state index in [1.54, 1.807) is 23.1 Å². The molecule has 4 nitrogen and oxygen atoms in total. The Morgan fingerprint density at radius 1 is 1.21 bits per heavy atom. The molecule has 0 aromatic heterocycles. The van der Waals surface area contributed by atoms with Crippen molar-refractivity contribution in [3.63, 3.8) is 0 Å². The molecular weight excluding hydrogens is 422 g/mol. The molecule has 0 bridgehead atoms. The number of carbonyl (C=O) groups is 2. The van der Waals surface area contributed by atoms with Gasteiger partial charge in [0.15, 0.2) is 0 Å². The Bertz CT molecular complexity index is 764. The van der Waals surface area contributed by atoms with Crippen molar-refractivity contribution >= 4 is 40.1 Å². The molecule has 24 heavy (non-hydrogen) atoms. The van der Waals surface area contributed by atoms with Gasteiger partial charge in [-0.1, -0.05) is 12.1 Å². The quantitative estimate of drug-likeness (QED) is 0.746.